The third-order valence-electron chi connectivity index (χ3n) is 2.77. The molecule has 0 bridgehead atoms. The van der Waals surface area contributed by atoms with Crippen molar-refractivity contribution in [1.29, 1.82) is 0 Å². The van der Waals surface area contributed by atoms with E-state index in [1.807, 2.05) is 7.05 Å². The predicted octanol–water partition coefficient (Wildman–Crippen LogP) is 3.20. The highest BCUT2D eigenvalue weighted by atomic mass is 14.8. The summed E-state index contributed by atoms with van der Waals surface area (Å²) in [5.41, 5.74) is 9.69. The van der Waals surface area contributed by atoms with Crippen LogP contribution in [0.4, 0.5) is 5.69 Å². The summed E-state index contributed by atoms with van der Waals surface area (Å²) in [6.45, 7) is 2.12. The molecule has 2 aromatic carbocycles. The second-order valence-corrected chi connectivity index (χ2v) is 4.11. The van der Waals surface area contributed by atoms with Gasteiger partial charge in [0.15, 0.2) is 0 Å². The fraction of sp³-hybridized carbons (Fsp3) is 0.250. The van der Waals surface area contributed by atoms with E-state index in [-0.39, 0.29) is 0 Å². The van der Waals surface area contributed by atoms with Crippen LogP contribution in [0.1, 0.15) is 16.7 Å². The van der Waals surface area contributed by atoms with Crippen LogP contribution >= 0.6 is 0 Å². The number of rotatable bonds is 3. The number of aryl methyl sites for hydroxylation is 1. The van der Waals surface area contributed by atoms with E-state index < -0.39 is 0 Å². The van der Waals surface area contributed by atoms with Gasteiger partial charge in [-0.3, -0.25) is 0 Å². The summed E-state index contributed by atoms with van der Waals surface area (Å²) in [5, 5.41) is 3.13. The highest BCUT2D eigenvalue weighted by Crippen LogP contribution is 2.13. The SMILES string of the molecule is CN.CNc1ccc(Cc2ccc(C)cc2)cc1. The summed E-state index contributed by atoms with van der Waals surface area (Å²) in [6, 6.07) is 17.3. The fourth-order valence-corrected chi connectivity index (χ4v) is 1.73. The second-order valence-electron chi connectivity index (χ2n) is 4.11. The first-order valence-corrected chi connectivity index (χ1v) is 6.18. The van der Waals surface area contributed by atoms with Gasteiger partial charge in [-0.2, -0.15) is 0 Å². The number of nitrogens with two attached hydrogens (primary N) is 1. The van der Waals surface area contributed by atoms with Gasteiger partial charge in [0.25, 0.3) is 0 Å². The van der Waals surface area contributed by atoms with Gasteiger partial charge < -0.3 is 11.1 Å². The van der Waals surface area contributed by atoms with Gasteiger partial charge in [0, 0.05) is 12.7 Å². The lowest BCUT2D eigenvalue weighted by atomic mass is 10.0. The maximum Gasteiger partial charge on any atom is 0.0337 e. The van der Waals surface area contributed by atoms with Gasteiger partial charge in [0.1, 0.15) is 0 Å². The van der Waals surface area contributed by atoms with Gasteiger partial charge in [-0.15, -0.1) is 0 Å². The van der Waals surface area contributed by atoms with E-state index in [0.717, 1.165) is 12.1 Å². The molecule has 2 nitrogen and oxygen atoms in total. The summed E-state index contributed by atoms with van der Waals surface area (Å²) in [6.07, 6.45) is 1.00. The molecule has 2 heteroatoms. The number of nitrogens with one attached hydrogen (secondary N) is 1. The third-order valence-corrected chi connectivity index (χ3v) is 2.77. The largest absolute Gasteiger partial charge is 0.388 e. The molecule has 0 unspecified atom stereocenters. The van der Waals surface area contributed by atoms with Crippen LogP contribution in [0.15, 0.2) is 48.5 Å². The lowest BCUT2D eigenvalue weighted by Crippen LogP contribution is -1.90. The van der Waals surface area contributed by atoms with Crippen molar-refractivity contribution in [1.82, 2.24) is 0 Å². The van der Waals surface area contributed by atoms with Crippen molar-refractivity contribution in [2.24, 2.45) is 5.73 Å². The van der Waals surface area contributed by atoms with Crippen molar-refractivity contribution in [2.45, 2.75) is 13.3 Å². The van der Waals surface area contributed by atoms with Crippen LogP contribution in [0.3, 0.4) is 0 Å². The molecule has 0 aliphatic rings. The lowest BCUT2D eigenvalue weighted by molar-refractivity contribution is 1.19. The monoisotopic (exact) mass is 242 g/mol. The normalized spacial score (nSPS) is 9.33. The Balaban J connectivity index is 0.000000771. The Morgan fingerprint density at radius 1 is 0.833 bits per heavy atom. The van der Waals surface area contributed by atoms with Crippen molar-refractivity contribution >= 4 is 5.69 Å². The molecule has 0 amide bonds. The zero-order valence-electron chi connectivity index (χ0n) is 11.4. The van der Waals surface area contributed by atoms with Gasteiger partial charge >= 0.3 is 0 Å². The molecule has 0 saturated heterocycles. The van der Waals surface area contributed by atoms with Crippen LogP contribution < -0.4 is 11.1 Å². The van der Waals surface area contributed by atoms with Crippen LogP contribution in [0.25, 0.3) is 0 Å². The van der Waals surface area contributed by atoms with Crippen molar-refractivity contribution < 1.29 is 0 Å². The van der Waals surface area contributed by atoms with E-state index in [1.54, 1.807) is 0 Å². The molecule has 2 aromatic rings. The van der Waals surface area contributed by atoms with Gasteiger partial charge in [0.05, 0.1) is 0 Å². The highest BCUT2D eigenvalue weighted by Gasteiger charge is 1.96. The Morgan fingerprint density at radius 2 is 1.28 bits per heavy atom. The van der Waals surface area contributed by atoms with Gasteiger partial charge in [-0.25, -0.2) is 0 Å². The average molecular weight is 242 g/mol. The summed E-state index contributed by atoms with van der Waals surface area (Å²) < 4.78 is 0. The molecule has 0 saturated carbocycles. The van der Waals surface area contributed by atoms with Crippen LogP contribution in [0.5, 0.6) is 0 Å². The molecular weight excluding hydrogens is 220 g/mol. The quantitative estimate of drug-likeness (QED) is 0.867. The maximum absolute atomic E-state index is 4.50. The van der Waals surface area contributed by atoms with E-state index in [2.05, 4.69) is 66.5 Å². The Hall–Kier alpha value is -1.80. The smallest absolute Gasteiger partial charge is 0.0337 e. The number of hydrogen-bond donors (Lipinski definition) is 2. The Morgan fingerprint density at radius 3 is 1.72 bits per heavy atom. The number of hydrogen-bond acceptors (Lipinski definition) is 2. The second kappa shape index (κ2) is 7.51. The fourth-order valence-electron chi connectivity index (χ4n) is 1.73. The molecular formula is C16H22N2. The van der Waals surface area contributed by atoms with Gasteiger partial charge in [0.2, 0.25) is 0 Å². The van der Waals surface area contributed by atoms with Crippen molar-refractivity contribution in [3.05, 3.63) is 65.2 Å². The van der Waals surface area contributed by atoms with Crippen LogP contribution in [-0.2, 0) is 6.42 Å². The standard InChI is InChI=1S/C15H17N.CH5N/c1-12-3-5-13(6-4-12)11-14-7-9-15(16-2)10-8-14;1-2/h3-10,16H,11H2,1-2H3;2H2,1H3. The summed E-state index contributed by atoms with van der Waals surface area (Å²) in [7, 11) is 3.44. The van der Waals surface area contributed by atoms with Gasteiger partial charge in [-0.1, -0.05) is 42.0 Å². The lowest BCUT2D eigenvalue weighted by Gasteiger charge is -2.04. The first-order chi connectivity index (χ1) is 8.78. The number of benzene rings is 2. The Bertz CT molecular complexity index is 444. The molecule has 2 rings (SSSR count). The summed E-state index contributed by atoms with van der Waals surface area (Å²) in [5.74, 6) is 0. The Kier molecular flexibility index (Phi) is 5.95. The molecule has 0 fully saturated rings. The first kappa shape index (κ1) is 14.3. The third kappa shape index (κ3) is 4.22. The van der Waals surface area contributed by atoms with Crippen molar-refractivity contribution in [3.63, 3.8) is 0 Å². The van der Waals surface area contributed by atoms with E-state index in [1.165, 1.54) is 23.7 Å². The van der Waals surface area contributed by atoms with Crippen LogP contribution in [0.2, 0.25) is 0 Å². The Labute approximate surface area is 110 Å². The first-order valence-electron chi connectivity index (χ1n) is 6.18. The predicted molar refractivity (Wildman–Crippen MR) is 80.1 cm³/mol. The van der Waals surface area contributed by atoms with Crippen molar-refractivity contribution in [2.75, 3.05) is 19.4 Å². The van der Waals surface area contributed by atoms with E-state index in [9.17, 15) is 0 Å². The average Bonchev–Trinajstić information content (AvgIpc) is 2.44. The molecule has 0 radical (unpaired) electrons. The molecule has 0 spiro atoms. The minimum absolute atomic E-state index is 1.00. The molecule has 96 valence electrons. The minimum Gasteiger partial charge on any atom is -0.388 e. The molecule has 0 heterocycles. The van der Waals surface area contributed by atoms with E-state index >= 15 is 0 Å². The van der Waals surface area contributed by atoms with Crippen LogP contribution in [0, 0.1) is 6.92 Å². The molecule has 0 aliphatic heterocycles. The van der Waals surface area contributed by atoms with Crippen molar-refractivity contribution in [3.8, 4) is 0 Å². The molecule has 0 aromatic heterocycles. The molecule has 0 aliphatic carbocycles. The highest BCUT2D eigenvalue weighted by molar-refractivity contribution is 5.44. The summed E-state index contributed by atoms with van der Waals surface area (Å²) in [4.78, 5) is 0. The molecule has 0 atom stereocenters. The molecule has 3 N–H and O–H groups in total. The zero-order valence-corrected chi connectivity index (χ0v) is 11.4. The maximum atomic E-state index is 4.50. The molecule has 18 heavy (non-hydrogen) atoms. The minimum atomic E-state index is 1.00. The van der Waals surface area contributed by atoms with Crippen LogP contribution in [-0.4, -0.2) is 14.1 Å². The van der Waals surface area contributed by atoms with E-state index in [0.29, 0.717) is 0 Å². The zero-order chi connectivity index (χ0) is 13.4. The topological polar surface area (TPSA) is 38.0 Å². The number of anilines is 1. The summed E-state index contributed by atoms with van der Waals surface area (Å²) >= 11 is 0. The van der Waals surface area contributed by atoms with E-state index in [4.69, 9.17) is 0 Å². The van der Waals surface area contributed by atoms with Gasteiger partial charge in [-0.05, 0) is 43.7 Å².